The van der Waals surface area contributed by atoms with Crippen LogP contribution in [0.4, 0.5) is 19.0 Å². The second-order valence-electron chi connectivity index (χ2n) is 4.06. The van der Waals surface area contributed by atoms with Crippen LogP contribution in [-0.4, -0.2) is 24.3 Å². The Labute approximate surface area is 96.8 Å². The highest BCUT2D eigenvalue weighted by Gasteiger charge is 2.31. The molecule has 0 radical (unpaired) electrons. The van der Waals surface area contributed by atoms with Gasteiger partial charge in [-0.3, -0.25) is 0 Å². The van der Waals surface area contributed by atoms with E-state index in [1.807, 2.05) is 4.90 Å². The van der Waals surface area contributed by atoms with Gasteiger partial charge in [0.25, 0.3) is 0 Å². The van der Waals surface area contributed by atoms with E-state index in [1.165, 1.54) is 12.3 Å². The van der Waals surface area contributed by atoms with Crippen LogP contribution >= 0.6 is 0 Å². The number of nitrogens with one attached hydrogen (secondary N) is 1. The van der Waals surface area contributed by atoms with Crippen LogP contribution in [0.3, 0.4) is 0 Å². The lowest BCUT2D eigenvalue weighted by Gasteiger charge is -2.17. The number of halogens is 3. The molecule has 2 heterocycles. The minimum absolute atomic E-state index is 0.180. The fraction of sp³-hybridized carbons (Fsp3) is 0.455. The molecule has 2 rings (SSSR count). The molecule has 17 heavy (non-hydrogen) atoms. The summed E-state index contributed by atoms with van der Waals surface area (Å²) in [6.45, 7) is 1.39. The van der Waals surface area contributed by atoms with Crippen molar-refractivity contribution in [3.63, 3.8) is 0 Å². The zero-order valence-corrected chi connectivity index (χ0v) is 9.04. The first-order chi connectivity index (χ1) is 8.00. The summed E-state index contributed by atoms with van der Waals surface area (Å²) in [5.74, 6) is 0.724. The number of hydrogen-bond donors (Lipinski definition) is 1. The van der Waals surface area contributed by atoms with Gasteiger partial charge in [-0.2, -0.15) is 13.2 Å². The minimum atomic E-state index is -4.34. The van der Waals surface area contributed by atoms with Crippen molar-refractivity contribution < 1.29 is 13.2 Å². The summed E-state index contributed by atoms with van der Waals surface area (Å²) in [7, 11) is 0. The molecule has 1 aliphatic heterocycles. The van der Waals surface area contributed by atoms with E-state index in [0.717, 1.165) is 25.2 Å². The van der Waals surface area contributed by atoms with E-state index in [9.17, 15) is 13.2 Å². The van der Waals surface area contributed by atoms with E-state index in [0.29, 0.717) is 12.4 Å². The van der Waals surface area contributed by atoms with E-state index in [2.05, 4.69) is 4.98 Å². The Morgan fingerprint density at radius 3 is 2.65 bits per heavy atom. The van der Waals surface area contributed by atoms with Gasteiger partial charge < -0.3 is 10.3 Å². The molecule has 1 fully saturated rings. The predicted molar refractivity (Wildman–Crippen MR) is 58.3 cm³/mol. The molecule has 1 N–H and O–H groups in total. The summed E-state index contributed by atoms with van der Waals surface area (Å²) in [5, 5.41) is 7.15. The molecule has 1 aromatic heterocycles. The molecule has 0 spiro atoms. The van der Waals surface area contributed by atoms with Gasteiger partial charge in [-0.1, -0.05) is 0 Å². The Morgan fingerprint density at radius 1 is 1.41 bits per heavy atom. The third-order valence-corrected chi connectivity index (χ3v) is 2.86. The van der Waals surface area contributed by atoms with E-state index in [-0.39, 0.29) is 5.92 Å². The van der Waals surface area contributed by atoms with Crippen LogP contribution in [0.5, 0.6) is 0 Å². The second kappa shape index (κ2) is 4.35. The molecule has 0 aliphatic carbocycles. The number of alkyl halides is 3. The van der Waals surface area contributed by atoms with Crippen molar-refractivity contribution in [1.29, 1.82) is 5.41 Å². The third kappa shape index (κ3) is 2.57. The average Bonchev–Trinajstić information content (AvgIpc) is 2.76. The van der Waals surface area contributed by atoms with Crippen LogP contribution in [0.25, 0.3) is 0 Å². The zero-order valence-electron chi connectivity index (χ0n) is 9.04. The van der Waals surface area contributed by atoms with Gasteiger partial charge >= 0.3 is 6.18 Å². The SMILES string of the molecule is N=CC1CCN(c2ccc(C(F)(F)F)cn2)C1. The van der Waals surface area contributed by atoms with Crippen molar-refractivity contribution in [3.8, 4) is 0 Å². The normalized spacial score (nSPS) is 20.6. The van der Waals surface area contributed by atoms with Crippen LogP contribution in [0.1, 0.15) is 12.0 Å². The Balaban J connectivity index is 2.11. The molecular formula is C11H12F3N3. The van der Waals surface area contributed by atoms with Gasteiger partial charge in [0.15, 0.2) is 0 Å². The van der Waals surface area contributed by atoms with Gasteiger partial charge in [0.1, 0.15) is 5.82 Å². The highest BCUT2D eigenvalue weighted by Crippen LogP contribution is 2.30. The second-order valence-corrected chi connectivity index (χ2v) is 4.06. The van der Waals surface area contributed by atoms with Gasteiger partial charge in [-0.05, 0) is 18.6 Å². The first kappa shape index (κ1) is 11.9. The maximum Gasteiger partial charge on any atom is 0.417 e. The van der Waals surface area contributed by atoms with Gasteiger partial charge in [0.2, 0.25) is 0 Å². The highest BCUT2D eigenvalue weighted by molar-refractivity contribution is 5.60. The first-order valence-corrected chi connectivity index (χ1v) is 5.29. The van der Waals surface area contributed by atoms with Gasteiger partial charge in [0, 0.05) is 31.4 Å². The highest BCUT2D eigenvalue weighted by atomic mass is 19.4. The number of nitrogens with zero attached hydrogens (tertiary/aromatic N) is 2. The van der Waals surface area contributed by atoms with Crippen molar-refractivity contribution in [1.82, 2.24) is 4.98 Å². The summed E-state index contributed by atoms with van der Waals surface area (Å²) in [4.78, 5) is 5.73. The lowest BCUT2D eigenvalue weighted by molar-refractivity contribution is -0.137. The van der Waals surface area contributed by atoms with Crippen LogP contribution in [-0.2, 0) is 6.18 Å². The molecule has 1 atom stereocenters. The Bertz CT molecular complexity index is 399. The lowest BCUT2D eigenvalue weighted by atomic mass is 10.1. The maximum atomic E-state index is 12.3. The zero-order chi connectivity index (χ0) is 12.5. The molecule has 1 unspecified atom stereocenters. The minimum Gasteiger partial charge on any atom is -0.356 e. The number of anilines is 1. The third-order valence-electron chi connectivity index (χ3n) is 2.86. The monoisotopic (exact) mass is 243 g/mol. The van der Waals surface area contributed by atoms with E-state index < -0.39 is 11.7 Å². The van der Waals surface area contributed by atoms with Crippen LogP contribution in [0.15, 0.2) is 18.3 Å². The Kier molecular flexibility index (Phi) is 3.04. The summed E-state index contributed by atoms with van der Waals surface area (Å²) in [5.41, 5.74) is -0.732. The van der Waals surface area contributed by atoms with Gasteiger partial charge in [0.05, 0.1) is 5.56 Å². The number of hydrogen-bond acceptors (Lipinski definition) is 3. The molecule has 0 bridgehead atoms. The standard InChI is InChI=1S/C11H12F3N3/c12-11(13,14)9-1-2-10(16-6-9)17-4-3-8(5-15)7-17/h1-2,5-6,8,15H,3-4,7H2. The predicted octanol–water partition coefficient (Wildman–Crippen LogP) is 2.58. The summed E-state index contributed by atoms with van der Waals surface area (Å²) in [6, 6.07) is 2.43. The Hall–Kier alpha value is -1.59. The lowest BCUT2D eigenvalue weighted by Crippen LogP contribution is -2.21. The molecule has 1 aromatic rings. The molecule has 0 aromatic carbocycles. The molecule has 92 valence electrons. The summed E-state index contributed by atoms with van der Waals surface area (Å²) < 4.78 is 37.0. The molecular weight excluding hydrogens is 231 g/mol. The van der Waals surface area contributed by atoms with Crippen molar-refractivity contribution in [2.75, 3.05) is 18.0 Å². The molecule has 0 amide bonds. The number of pyridine rings is 1. The van der Waals surface area contributed by atoms with Crippen LogP contribution in [0, 0.1) is 11.3 Å². The summed E-state index contributed by atoms with van der Waals surface area (Å²) in [6.07, 6.45) is -1.25. The molecule has 6 heteroatoms. The average molecular weight is 243 g/mol. The molecule has 1 saturated heterocycles. The van der Waals surface area contributed by atoms with Crippen LogP contribution < -0.4 is 4.90 Å². The summed E-state index contributed by atoms with van der Waals surface area (Å²) >= 11 is 0. The number of aromatic nitrogens is 1. The van der Waals surface area contributed by atoms with E-state index in [1.54, 1.807) is 0 Å². The van der Waals surface area contributed by atoms with Crippen molar-refractivity contribution in [2.45, 2.75) is 12.6 Å². The van der Waals surface area contributed by atoms with Crippen LogP contribution in [0.2, 0.25) is 0 Å². The molecule has 0 saturated carbocycles. The quantitative estimate of drug-likeness (QED) is 0.811. The molecule has 1 aliphatic rings. The fourth-order valence-corrected chi connectivity index (χ4v) is 1.87. The van der Waals surface area contributed by atoms with Crippen molar-refractivity contribution in [2.24, 2.45) is 5.92 Å². The van der Waals surface area contributed by atoms with E-state index >= 15 is 0 Å². The molecule has 3 nitrogen and oxygen atoms in total. The number of rotatable bonds is 2. The fourth-order valence-electron chi connectivity index (χ4n) is 1.87. The smallest absolute Gasteiger partial charge is 0.356 e. The first-order valence-electron chi connectivity index (χ1n) is 5.29. The maximum absolute atomic E-state index is 12.3. The largest absolute Gasteiger partial charge is 0.417 e. The van der Waals surface area contributed by atoms with Gasteiger partial charge in [-0.15, -0.1) is 0 Å². The van der Waals surface area contributed by atoms with Crippen molar-refractivity contribution in [3.05, 3.63) is 23.9 Å². The van der Waals surface area contributed by atoms with Gasteiger partial charge in [-0.25, -0.2) is 4.98 Å². The van der Waals surface area contributed by atoms with Crippen molar-refractivity contribution >= 4 is 12.0 Å². The van der Waals surface area contributed by atoms with E-state index in [4.69, 9.17) is 5.41 Å². The Morgan fingerprint density at radius 2 is 2.18 bits per heavy atom. The topological polar surface area (TPSA) is 40.0 Å².